The van der Waals surface area contributed by atoms with Crippen LogP contribution in [0.5, 0.6) is 11.5 Å². The highest BCUT2D eigenvalue weighted by molar-refractivity contribution is 9.08. The van der Waals surface area contributed by atoms with Gasteiger partial charge in [-0.3, -0.25) is 0 Å². The monoisotopic (exact) mass is 398 g/mol. The lowest BCUT2D eigenvalue weighted by molar-refractivity contribution is -0.138. The van der Waals surface area contributed by atoms with Crippen molar-refractivity contribution >= 4 is 39.1 Å². The molecule has 0 aliphatic rings. The van der Waals surface area contributed by atoms with Gasteiger partial charge in [-0.1, -0.05) is 45.2 Å². The fourth-order valence-corrected chi connectivity index (χ4v) is 2.27. The fourth-order valence-electron chi connectivity index (χ4n) is 1.64. The van der Waals surface area contributed by atoms with Crippen molar-refractivity contribution in [1.29, 1.82) is 0 Å². The lowest BCUT2D eigenvalue weighted by Gasteiger charge is -2.15. The van der Waals surface area contributed by atoms with E-state index in [2.05, 4.69) is 15.9 Å². The molecule has 0 radical (unpaired) electrons. The van der Waals surface area contributed by atoms with Gasteiger partial charge < -0.3 is 4.74 Å². The summed E-state index contributed by atoms with van der Waals surface area (Å²) >= 11 is 14.7. The standard InChI is InChI=1S/C14H8BrCl2F3O/c15-7-8-1-4-13(10(5-8)14(18,19)20)21-9-2-3-11(16)12(17)6-9/h1-6H,7H2. The first-order valence-electron chi connectivity index (χ1n) is 5.70. The summed E-state index contributed by atoms with van der Waals surface area (Å²) in [4.78, 5) is 0. The molecular formula is C14H8BrCl2F3O. The minimum atomic E-state index is -4.51. The third kappa shape index (κ3) is 4.05. The summed E-state index contributed by atoms with van der Waals surface area (Å²) in [5, 5.41) is 0.831. The second kappa shape index (κ2) is 6.46. The van der Waals surface area contributed by atoms with E-state index in [-0.39, 0.29) is 16.5 Å². The highest BCUT2D eigenvalue weighted by Crippen LogP contribution is 2.39. The summed E-state index contributed by atoms with van der Waals surface area (Å²) < 4.78 is 44.5. The van der Waals surface area contributed by atoms with Gasteiger partial charge in [0, 0.05) is 11.4 Å². The zero-order valence-corrected chi connectivity index (χ0v) is 13.4. The summed E-state index contributed by atoms with van der Waals surface area (Å²) in [6.07, 6.45) is -4.51. The second-order valence-electron chi connectivity index (χ2n) is 4.14. The molecule has 21 heavy (non-hydrogen) atoms. The molecule has 0 amide bonds. The maximum Gasteiger partial charge on any atom is 0.419 e. The van der Waals surface area contributed by atoms with Crippen molar-refractivity contribution in [2.75, 3.05) is 0 Å². The van der Waals surface area contributed by atoms with E-state index in [0.29, 0.717) is 15.9 Å². The summed E-state index contributed by atoms with van der Waals surface area (Å²) in [5.74, 6) is -0.105. The molecule has 0 aromatic heterocycles. The predicted octanol–water partition coefficient (Wildman–Crippen LogP) is 6.70. The van der Waals surface area contributed by atoms with Crippen molar-refractivity contribution < 1.29 is 17.9 Å². The van der Waals surface area contributed by atoms with Gasteiger partial charge in [0.2, 0.25) is 0 Å². The van der Waals surface area contributed by atoms with Crippen LogP contribution in [0.3, 0.4) is 0 Å². The van der Waals surface area contributed by atoms with Gasteiger partial charge in [0.25, 0.3) is 0 Å². The number of ether oxygens (including phenoxy) is 1. The Bertz CT molecular complexity index is 659. The zero-order valence-electron chi connectivity index (χ0n) is 10.3. The van der Waals surface area contributed by atoms with Crippen molar-refractivity contribution in [2.24, 2.45) is 0 Å². The van der Waals surface area contributed by atoms with Crippen LogP contribution in [0.2, 0.25) is 10.0 Å². The van der Waals surface area contributed by atoms with Gasteiger partial charge in [-0.15, -0.1) is 0 Å². The largest absolute Gasteiger partial charge is 0.457 e. The van der Waals surface area contributed by atoms with E-state index in [4.69, 9.17) is 27.9 Å². The summed E-state index contributed by atoms with van der Waals surface area (Å²) in [6, 6.07) is 8.15. The van der Waals surface area contributed by atoms with Gasteiger partial charge in [0.15, 0.2) is 0 Å². The molecule has 1 nitrogen and oxygen atoms in total. The molecule has 0 fully saturated rings. The highest BCUT2D eigenvalue weighted by atomic mass is 79.9. The van der Waals surface area contributed by atoms with Gasteiger partial charge in [-0.2, -0.15) is 13.2 Å². The lowest BCUT2D eigenvalue weighted by Crippen LogP contribution is -2.07. The first-order valence-corrected chi connectivity index (χ1v) is 7.58. The van der Waals surface area contributed by atoms with Crippen LogP contribution in [0.1, 0.15) is 11.1 Å². The molecule has 0 bridgehead atoms. The van der Waals surface area contributed by atoms with E-state index in [1.54, 1.807) is 6.07 Å². The third-order valence-electron chi connectivity index (χ3n) is 2.62. The Morgan fingerprint density at radius 3 is 2.29 bits per heavy atom. The molecular weight excluding hydrogens is 392 g/mol. The van der Waals surface area contributed by atoms with E-state index < -0.39 is 11.7 Å². The van der Waals surface area contributed by atoms with Crippen LogP contribution in [-0.2, 0) is 11.5 Å². The van der Waals surface area contributed by atoms with Gasteiger partial charge in [0.1, 0.15) is 11.5 Å². The number of halogens is 6. The second-order valence-corrected chi connectivity index (χ2v) is 5.52. The third-order valence-corrected chi connectivity index (χ3v) is 4.01. The summed E-state index contributed by atoms with van der Waals surface area (Å²) in [7, 11) is 0. The van der Waals surface area contributed by atoms with Crippen LogP contribution in [0, 0.1) is 0 Å². The predicted molar refractivity (Wildman–Crippen MR) is 80.6 cm³/mol. The van der Waals surface area contributed by atoms with Gasteiger partial charge in [-0.05, 0) is 29.8 Å². The Morgan fingerprint density at radius 1 is 1.00 bits per heavy atom. The zero-order chi connectivity index (χ0) is 15.6. The van der Waals surface area contributed by atoms with E-state index in [9.17, 15) is 13.2 Å². The summed E-state index contributed by atoms with van der Waals surface area (Å²) in [5.41, 5.74) is -0.339. The number of rotatable bonds is 3. The molecule has 0 saturated carbocycles. The number of hydrogen-bond donors (Lipinski definition) is 0. The quantitative estimate of drug-likeness (QED) is 0.521. The molecule has 112 valence electrons. The Kier molecular flexibility index (Phi) is 5.07. The normalized spacial score (nSPS) is 11.5. The topological polar surface area (TPSA) is 9.23 Å². The van der Waals surface area contributed by atoms with Crippen LogP contribution >= 0.6 is 39.1 Å². The van der Waals surface area contributed by atoms with E-state index in [0.717, 1.165) is 6.07 Å². The van der Waals surface area contributed by atoms with Crippen LogP contribution in [0.25, 0.3) is 0 Å². The Hall–Kier alpha value is -0.910. The molecule has 0 atom stereocenters. The van der Waals surface area contributed by atoms with Crippen molar-refractivity contribution in [2.45, 2.75) is 11.5 Å². The van der Waals surface area contributed by atoms with Crippen LogP contribution < -0.4 is 4.74 Å². The SMILES string of the molecule is FC(F)(F)c1cc(CBr)ccc1Oc1ccc(Cl)c(Cl)c1. The van der Waals surface area contributed by atoms with E-state index in [1.807, 2.05) is 0 Å². The van der Waals surface area contributed by atoms with E-state index in [1.165, 1.54) is 24.3 Å². The maximum absolute atomic E-state index is 13.1. The Labute approximate surface area is 137 Å². The number of hydrogen-bond acceptors (Lipinski definition) is 1. The minimum Gasteiger partial charge on any atom is -0.457 e. The molecule has 0 aliphatic heterocycles. The molecule has 0 unspecified atom stereocenters. The first kappa shape index (κ1) is 16.5. The fraction of sp³-hybridized carbons (Fsp3) is 0.143. The number of benzene rings is 2. The first-order chi connectivity index (χ1) is 9.81. The Balaban J connectivity index is 2.41. The van der Waals surface area contributed by atoms with Crippen molar-refractivity contribution in [3.8, 4) is 11.5 Å². The van der Waals surface area contributed by atoms with Gasteiger partial charge >= 0.3 is 6.18 Å². The highest BCUT2D eigenvalue weighted by Gasteiger charge is 2.34. The van der Waals surface area contributed by atoms with Gasteiger partial charge in [-0.25, -0.2) is 0 Å². The molecule has 2 rings (SSSR count). The summed E-state index contributed by atoms with van der Waals surface area (Å²) in [6.45, 7) is 0. The molecule has 2 aromatic carbocycles. The van der Waals surface area contributed by atoms with Crippen LogP contribution in [0.15, 0.2) is 36.4 Å². The van der Waals surface area contributed by atoms with Crippen molar-refractivity contribution in [3.05, 3.63) is 57.6 Å². The van der Waals surface area contributed by atoms with Gasteiger partial charge in [0.05, 0.1) is 15.6 Å². The molecule has 0 saturated heterocycles. The molecule has 0 heterocycles. The van der Waals surface area contributed by atoms with Crippen molar-refractivity contribution in [3.63, 3.8) is 0 Å². The lowest BCUT2D eigenvalue weighted by atomic mass is 10.1. The van der Waals surface area contributed by atoms with Crippen molar-refractivity contribution in [1.82, 2.24) is 0 Å². The molecule has 7 heteroatoms. The molecule has 2 aromatic rings. The molecule has 0 N–H and O–H groups in total. The molecule has 0 spiro atoms. The average Bonchev–Trinajstić information content (AvgIpc) is 2.42. The Morgan fingerprint density at radius 2 is 1.71 bits per heavy atom. The van der Waals surface area contributed by atoms with Crippen LogP contribution in [-0.4, -0.2) is 0 Å². The maximum atomic E-state index is 13.1. The van der Waals surface area contributed by atoms with E-state index >= 15 is 0 Å². The minimum absolute atomic E-state index is 0.182. The number of alkyl halides is 4. The average molecular weight is 400 g/mol. The smallest absolute Gasteiger partial charge is 0.419 e. The molecule has 0 aliphatic carbocycles. The van der Waals surface area contributed by atoms with Crippen LogP contribution in [0.4, 0.5) is 13.2 Å².